The van der Waals surface area contributed by atoms with Crippen molar-refractivity contribution in [3.05, 3.63) is 23.4 Å². The molecule has 2 aliphatic rings. The lowest BCUT2D eigenvalue weighted by atomic mass is 10.1. The zero-order chi connectivity index (χ0) is 13.4. The van der Waals surface area contributed by atoms with Gasteiger partial charge in [-0.3, -0.25) is 0 Å². The first-order chi connectivity index (χ1) is 9.15. The standard InChI is InChI=1S/C15H22N2O2/c1-10-5-12(9-18)6-15(16-10)17-7-11(2)19-14(8-17)13-3-4-13/h5-6,11,13-14,18H,3-4,7-9H2,1-2H3. The van der Waals surface area contributed by atoms with Gasteiger partial charge in [-0.1, -0.05) is 0 Å². The van der Waals surface area contributed by atoms with Crippen molar-refractivity contribution < 1.29 is 9.84 Å². The van der Waals surface area contributed by atoms with Crippen molar-refractivity contribution >= 4 is 5.82 Å². The third-order valence-electron chi connectivity index (χ3n) is 3.94. The van der Waals surface area contributed by atoms with Gasteiger partial charge >= 0.3 is 0 Å². The molecule has 1 aromatic heterocycles. The number of aliphatic hydroxyl groups is 1. The highest BCUT2D eigenvalue weighted by atomic mass is 16.5. The van der Waals surface area contributed by atoms with E-state index in [2.05, 4.69) is 16.8 Å². The van der Waals surface area contributed by atoms with Crippen LogP contribution in [0, 0.1) is 12.8 Å². The summed E-state index contributed by atoms with van der Waals surface area (Å²) in [5, 5.41) is 9.32. The van der Waals surface area contributed by atoms with Gasteiger partial charge in [-0.2, -0.15) is 0 Å². The molecule has 1 saturated carbocycles. The molecule has 0 amide bonds. The summed E-state index contributed by atoms with van der Waals surface area (Å²) < 4.78 is 6.03. The van der Waals surface area contributed by atoms with Crippen molar-refractivity contribution in [1.82, 2.24) is 4.98 Å². The van der Waals surface area contributed by atoms with Gasteiger partial charge in [0.1, 0.15) is 5.82 Å². The molecule has 2 unspecified atom stereocenters. The molecule has 1 aliphatic heterocycles. The Morgan fingerprint density at radius 1 is 1.37 bits per heavy atom. The highest BCUT2D eigenvalue weighted by molar-refractivity contribution is 5.43. The van der Waals surface area contributed by atoms with Crippen molar-refractivity contribution in [1.29, 1.82) is 0 Å². The van der Waals surface area contributed by atoms with Crippen LogP contribution in [0.15, 0.2) is 12.1 Å². The SMILES string of the molecule is Cc1cc(CO)cc(N2CC(C)OC(C3CC3)C2)n1. The van der Waals surface area contributed by atoms with E-state index in [9.17, 15) is 5.11 Å². The number of pyridine rings is 1. The smallest absolute Gasteiger partial charge is 0.129 e. The summed E-state index contributed by atoms with van der Waals surface area (Å²) in [6, 6.07) is 3.93. The lowest BCUT2D eigenvalue weighted by molar-refractivity contribution is -0.0273. The molecule has 0 aromatic carbocycles. The lowest BCUT2D eigenvalue weighted by Gasteiger charge is -2.38. The molecule has 2 atom stereocenters. The molecular formula is C15H22N2O2. The van der Waals surface area contributed by atoms with Crippen LogP contribution in [-0.2, 0) is 11.3 Å². The van der Waals surface area contributed by atoms with Gasteiger partial charge in [-0.25, -0.2) is 4.98 Å². The predicted octanol–water partition coefficient (Wildman–Crippen LogP) is 1.89. The molecule has 1 saturated heterocycles. The van der Waals surface area contributed by atoms with E-state index in [1.54, 1.807) is 0 Å². The highest BCUT2D eigenvalue weighted by Gasteiger charge is 2.37. The minimum absolute atomic E-state index is 0.0717. The Balaban J connectivity index is 1.81. The molecule has 4 nitrogen and oxygen atoms in total. The number of ether oxygens (including phenoxy) is 1. The second kappa shape index (κ2) is 5.10. The first kappa shape index (κ1) is 12.9. The fourth-order valence-electron chi connectivity index (χ4n) is 2.88. The normalized spacial score (nSPS) is 27.6. The van der Waals surface area contributed by atoms with E-state index in [0.717, 1.165) is 36.1 Å². The van der Waals surface area contributed by atoms with Crippen molar-refractivity contribution in [3.63, 3.8) is 0 Å². The quantitative estimate of drug-likeness (QED) is 0.903. The van der Waals surface area contributed by atoms with Crippen molar-refractivity contribution in [2.75, 3.05) is 18.0 Å². The molecular weight excluding hydrogens is 240 g/mol. The fourth-order valence-corrected chi connectivity index (χ4v) is 2.88. The van der Waals surface area contributed by atoms with E-state index < -0.39 is 0 Å². The second-order valence-corrected chi connectivity index (χ2v) is 5.86. The minimum Gasteiger partial charge on any atom is -0.392 e. The van der Waals surface area contributed by atoms with Gasteiger partial charge in [0.15, 0.2) is 0 Å². The third kappa shape index (κ3) is 2.90. The van der Waals surface area contributed by atoms with Gasteiger partial charge in [0, 0.05) is 18.8 Å². The summed E-state index contributed by atoms with van der Waals surface area (Å²) in [5.41, 5.74) is 1.90. The zero-order valence-corrected chi connectivity index (χ0v) is 11.7. The summed E-state index contributed by atoms with van der Waals surface area (Å²) in [5.74, 6) is 1.72. The Labute approximate surface area is 114 Å². The average molecular weight is 262 g/mol. The number of aromatic nitrogens is 1. The molecule has 0 spiro atoms. The molecule has 4 heteroatoms. The lowest BCUT2D eigenvalue weighted by Crippen LogP contribution is -2.48. The van der Waals surface area contributed by atoms with Crippen LogP contribution >= 0.6 is 0 Å². The molecule has 0 bridgehead atoms. The van der Waals surface area contributed by atoms with Gasteiger partial charge in [0.05, 0.1) is 18.8 Å². The Bertz CT molecular complexity index is 459. The van der Waals surface area contributed by atoms with Gasteiger partial charge in [-0.15, -0.1) is 0 Å². The van der Waals surface area contributed by atoms with Crippen LogP contribution in [0.4, 0.5) is 5.82 Å². The molecule has 1 aliphatic carbocycles. The summed E-state index contributed by atoms with van der Waals surface area (Å²) in [4.78, 5) is 6.92. The Hall–Kier alpha value is -1.13. The second-order valence-electron chi connectivity index (χ2n) is 5.86. The third-order valence-corrected chi connectivity index (χ3v) is 3.94. The van der Waals surface area contributed by atoms with Crippen LogP contribution in [0.2, 0.25) is 0 Å². The van der Waals surface area contributed by atoms with E-state index in [0.29, 0.717) is 6.10 Å². The van der Waals surface area contributed by atoms with E-state index >= 15 is 0 Å². The molecule has 104 valence electrons. The molecule has 3 rings (SSSR count). The Kier molecular flexibility index (Phi) is 3.46. The van der Waals surface area contributed by atoms with E-state index in [4.69, 9.17) is 4.74 Å². The monoisotopic (exact) mass is 262 g/mol. The van der Waals surface area contributed by atoms with Gasteiger partial charge in [0.2, 0.25) is 0 Å². The summed E-state index contributed by atoms with van der Waals surface area (Å²) in [6.07, 6.45) is 3.20. The largest absolute Gasteiger partial charge is 0.392 e. The number of morpholine rings is 1. The molecule has 19 heavy (non-hydrogen) atoms. The van der Waals surface area contributed by atoms with Crippen molar-refractivity contribution in [2.45, 2.75) is 45.5 Å². The fraction of sp³-hybridized carbons (Fsp3) is 0.667. The van der Waals surface area contributed by atoms with E-state index in [-0.39, 0.29) is 12.7 Å². The Morgan fingerprint density at radius 3 is 2.84 bits per heavy atom. The van der Waals surface area contributed by atoms with Crippen LogP contribution in [0.3, 0.4) is 0 Å². The number of hydrogen-bond acceptors (Lipinski definition) is 4. The van der Waals surface area contributed by atoms with Gasteiger partial charge in [-0.05, 0) is 50.3 Å². The number of rotatable bonds is 3. The number of nitrogens with zero attached hydrogens (tertiary/aromatic N) is 2. The predicted molar refractivity (Wildman–Crippen MR) is 74.2 cm³/mol. The van der Waals surface area contributed by atoms with Crippen LogP contribution < -0.4 is 4.90 Å². The number of aliphatic hydroxyl groups excluding tert-OH is 1. The average Bonchev–Trinajstić information content (AvgIpc) is 3.21. The summed E-state index contributed by atoms with van der Waals surface area (Å²) >= 11 is 0. The maximum absolute atomic E-state index is 9.32. The molecule has 0 radical (unpaired) electrons. The molecule has 1 aromatic rings. The number of aryl methyl sites for hydroxylation is 1. The minimum atomic E-state index is 0.0717. The van der Waals surface area contributed by atoms with Gasteiger partial charge in [0.25, 0.3) is 0 Å². The molecule has 2 heterocycles. The van der Waals surface area contributed by atoms with Crippen LogP contribution in [0.25, 0.3) is 0 Å². The Morgan fingerprint density at radius 2 is 2.16 bits per heavy atom. The molecule has 2 fully saturated rings. The zero-order valence-electron chi connectivity index (χ0n) is 11.7. The van der Waals surface area contributed by atoms with Crippen LogP contribution in [0.1, 0.15) is 31.0 Å². The van der Waals surface area contributed by atoms with Crippen LogP contribution in [0.5, 0.6) is 0 Å². The molecule has 1 N–H and O–H groups in total. The highest BCUT2D eigenvalue weighted by Crippen LogP contribution is 2.37. The van der Waals surface area contributed by atoms with Gasteiger partial charge < -0.3 is 14.7 Å². The van der Waals surface area contributed by atoms with E-state index in [1.165, 1.54) is 12.8 Å². The summed E-state index contributed by atoms with van der Waals surface area (Å²) in [6.45, 7) is 5.98. The van der Waals surface area contributed by atoms with E-state index in [1.807, 2.05) is 19.1 Å². The van der Waals surface area contributed by atoms with Crippen molar-refractivity contribution in [2.24, 2.45) is 5.92 Å². The maximum atomic E-state index is 9.32. The van der Waals surface area contributed by atoms with Crippen LogP contribution in [-0.4, -0.2) is 35.4 Å². The number of hydrogen-bond donors (Lipinski definition) is 1. The summed E-state index contributed by atoms with van der Waals surface area (Å²) in [7, 11) is 0. The van der Waals surface area contributed by atoms with Crippen molar-refractivity contribution in [3.8, 4) is 0 Å². The first-order valence-corrected chi connectivity index (χ1v) is 7.14. The first-order valence-electron chi connectivity index (χ1n) is 7.14. The topological polar surface area (TPSA) is 45.6 Å². The maximum Gasteiger partial charge on any atom is 0.129 e. The number of anilines is 1.